The summed E-state index contributed by atoms with van der Waals surface area (Å²) in [6.07, 6.45) is 1.31. The average Bonchev–Trinajstić information content (AvgIpc) is 2.81. The lowest BCUT2D eigenvalue weighted by Crippen LogP contribution is -2.23. The first-order valence-electron chi connectivity index (χ1n) is 4.74. The maximum atomic E-state index is 12.8. The lowest BCUT2D eigenvalue weighted by Gasteiger charge is -2.05. The monoisotopic (exact) mass is 254 g/mol. The van der Waals surface area contributed by atoms with Crippen LogP contribution in [0.25, 0.3) is 0 Å². The first kappa shape index (κ1) is 11.5. The second-order valence-corrected chi connectivity index (χ2v) is 3.68. The van der Waals surface area contributed by atoms with Gasteiger partial charge in [-0.3, -0.25) is 4.79 Å². The number of hydrogen-bond acceptors (Lipinski definition) is 3. The third-order valence-corrected chi connectivity index (χ3v) is 2.45. The van der Waals surface area contributed by atoms with E-state index in [1.807, 2.05) is 0 Å². The number of carbonyl (C=O) groups excluding carboxylic acids is 1. The van der Waals surface area contributed by atoms with Crippen molar-refractivity contribution < 1.29 is 9.18 Å². The van der Waals surface area contributed by atoms with Gasteiger partial charge in [0, 0.05) is 11.6 Å². The molecule has 1 aromatic heterocycles. The maximum Gasteiger partial charge on any atom is 0.273 e. The van der Waals surface area contributed by atoms with Gasteiger partial charge in [-0.1, -0.05) is 17.7 Å². The molecule has 2 N–H and O–H groups in total. The van der Waals surface area contributed by atoms with Gasteiger partial charge in [-0.05, 0) is 17.7 Å². The number of nitrogens with zero attached hydrogens (tertiary/aromatic N) is 2. The van der Waals surface area contributed by atoms with Gasteiger partial charge in [-0.2, -0.15) is 15.4 Å². The van der Waals surface area contributed by atoms with Crippen LogP contribution in [0.1, 0.15) is 16.1 Å². The minimum atomic E-state index is -0.415. The summed E-state index contributed by atoms with van der Waals surface area (Å²) in [5.74, 6) is -0.791. The van der Waals surface area contributed by atoms with Gasteiger partial charge in [0.15, 0.2) is 5.69 Å². The van der Waals surface area contributed by atoms with Gasteiger partial charge in [0.1, 0.15) is 5.82 Å². The van der Waals surface area contributed by atoms with E-state index in [1.54, 1.807) is 0 Å². The first-order chi connectivity index (χ1) is 8.16. The molecule has 1 aromatic carbocycles. The molecule has 0 fully saturated rings. The molecule has 2 rings (SSSR count). The molecule has 0 radical (unpaired) electrons. The summed E-state index contributed by atoms with van der Waals surface area (Å²) in [7, 11) is 0. The highest BCUT2D eigenvalue weighted by molar-refractivity contribution is 6.31. The van der Waals surface area contributed by atoms with E-state index in [0.29, 0.717) is 5.56 Å². The van der Waals surface area contributed by atoms with Crippen molar-refractivity contribution in [2.45, 2.75) is 6.54 Å². The van der Waals surface area contributed by atoms with Crippen molar-refractivity contribution >= 4 is 17.5 Å². The number of rotatable bonds is 3. The number of amides is 1. The largest absolute Gasteiger partial charge is 0.346 e. The van der Waals surface area contributed by atoms with Crippen LogP contribution >= 0.6 is 11.6 Å². The molecule has 0 aliphatic heterocycles. The molecule has 7 heteroatoms. The first-order valence-corrected chi connectivity index (χ1v) is 5.12. The Bertz CT molecular complexity index is 529. The Kier molecular flexibility index (Phi) is 3.34. The van der Waals surface area contributed by atoms with Gasteiger partial charge in [-0.25, -0.2) is 4.39 Å². The van der Waals surface area contributed by atoms with Gasteiger partial charge >= 0.3 is 0 Å². The number of aromatic amines is 1. The smallest absolute Gasteiger partial charge is 0.273 e. The Morgan fingerprint density at radius 3 is 3.00 bits per heavy atom. The predicted octanol–water partition coefficient (Wildman–Crippen LogP) is 1.53. The van der Waals surface area contributed by atoms with Crippen molar-refractivity contribution in [1.29, 1.82) is 0 Å². The summed E-state index contributed by atoms with van der Waals surface area (Å²) in [4.78, 5) is 11.5. The lowest BCUT2D eigenvalue weighted by atomic mass is 10.2. The van der Waals surface area contributed by atoms with Gasteiger partial charge in [-0.15, -0.1) is 0 Å². The SMILES string of the molecule is O=C(NCc1ccc(F)cc1Cl)c1cn[nH]n1. The Morgan fingerprint density at radius 2 is 2.35 bits per heavy atom. The predicted molar refractivity (Wildman–Crippen MR) is 59.0 cm³/mol. The van der Waals surface area contributed by atoms with Crippen LogP contribution < -0.4 is 5.32 Å². The Morgan fingerprint density at radius 1 is 1.53 bits per heavy atom. The molecule has 2 aromatic rings. The van der Waals surface area contributed by atoms with E-state index in [9.17, 15) is 9.18 Å². The van der Waals surface area contributed by atoms with Crippen LogP contribution in [0.3, 0.4) is 0 Å². The molecule has 0 aliphatic carbocycles. The van der Waals surface area contributed by atoms with Gasteiger partial charge in [0.05, 0.1) is 6.20 Å². The lowest BCUT2D eigenvalue weighted by molar-refractivity contribution is 0.0946. The third-order valence-electron chi connectivity index (χ3n) is 2.10. The quantitative estimate of drug-likeness (QED) is 0.873. The second kappa shape index (κ2) is 4.92. The van der Waals surface area contributed by atoms with Crippen LogP contribution in [-0.4, -0.2) is 21.3 Å². The van der Waals surface area contributed by atoms with Crippen molar-refractivity contribution in [1.82, 2.24) is 20.7 Å². The number of hydrogen-bond donors (Lipinski definition) is 2. The molecule has 0 unspecified atom stereocenters. The van der Waals surface area contributed by atoms with Crippen LogP contribution in [0, 0.1) is 5.82 Å². The standard InChI is InChI=1S/C10H8ClFN4O/c11-8-3-7(12)2-1-6(8)4-13-10(17)9-5-14-16-15-9/h1-3,5H,4H2,(H,13,17)(H,14,15,16). The molecule has 1 amide bonds. The zero-order valence-corrected chi connectivity index (χ0v) is 9.33. The van der Waals surface area contributed by atoms with E-state index >= 15 is 0 Å². The molecule has 0 saturated carbocycles. The van der Waals surface area contributed by atoms with E-state index < -0.39 is 5.82 Å². The molecule has 0 spiro atoms. The van der Waals surface area contributed by atoms with Crippen molar-refractivity contribution in [3.63, 3.8) is 0 Å². The highest BCUT2D eigenvalue weighted by Gasteiger charge is 2.09. The van der Waals surface area contributed by atoms with Crippen molar-refractivity contribution in [2.75, 3.05) is 0 Å². The fraction of sp³-hybridized carbons (Fsp3) is 0.100. The van der Waals surface area contributed by atoms with E-state index in [1.165, 1.54) is 24.4 Å². The normalized spacial score (nSPS) is 10.2. The summed E-state index contributed by atoms with van der Waals surface area (Å²) in [6.45, 7) is 0.199. The summed E-state index contributed by atoms with van der Waals surface area (Å²) in [5.41, 5.74) is 0.813. The fourth-order valence-electron chi connectivity index (χ4n) is 1.24. The molecular formula is C10H8ClFN4O. The van der Waals surface area contributed by atoms with E-state index in [4.69, 9.17) is 11.6 Å². The zero-order valence-electron chi connectivity index (χ0n) is 8.58. The molecule has 17 heavy (non-hydrogen) atoms. The van der Waals surface area contributed by atoms with Crippen molar-refractivity contribution in [2.24, 2.45) is 0 Å². The van der Waals surface area contributed by atoms with Crippen LogP contribution in [-0.2, 0) is 6.54 Å². The Labute approximate surface area is 101 Å². The summed E-state index contributed by atoms with van der Waals surface area (Å²) < 4.78 is 12.8. The fourth-order valence-corrected chi connectivity index (χ4v) is 1.48. The number of H-pyrrole nitrogens is 1. The number of nitrogens with one attached hydrogen (secondary N) is 2. The third kappa shape index (κ3) is 2.79. The molecule has 88 valence electrons. The molecule has 1 heterocycles. The number of carbonyl (C=O) groups is 1. The number of aromatic nitrogens is 3. The van der Waals surface area contributed by atoms with E-state index in [-0.39, 0.29) is 23.2 Å². The van der Waals surface area contributed by atoms with Crippen LogP contribution in [0.5, 0.6) is 0 Å². The molecule has 0 aliphatic rings. The van der Waals surface area contributed by atoms with Gasteiger partial charge in [0.25, 0.3) is 5.91 Å². The van der Waals surface area contributed by atoms with Crippen LogP contribution in [0.15, 0.2) is 24.4 Å². The van der Waals surface area contributed by atoms with Crippen LogP contribution in [0.2, 0.25) is 5.02 Å². The van der Waals surface area contributed by atoms with Crippen LogP contribution in [0.4, 0.5) is 4.39 Å². The topological polar surface area (TPSA) is 70.7 Å². The zero-order chi connectivity index (χ0) is 12.3. The highest BCUT2D eigenvalue weighted by atomic mass is 35.5. The molecule has 0 saturated heterocycles. The molecule has 0 atom stereocenters. The molecule has 0 bridgehead atoms. The summed E-state index contributed by atoms with van der Waals surface area (Å²) >= 11 is 5.81. The Hall–Kier alpha value is -1.95. The minimum absolute atomic E-state index is 0.184. The van der Waals surface area contributed by atoms with Crippen molar-refractivity contribution in [3.05, 3.63) is 46.5 Å². The van der Waals surface area contributed by atoms with Gasteiger partial charge in [0.2, 0.25) is 0 Å². The number of halogens is 2. The number of benzene rings is 1. The summed E-state index contributed by atoms with van der Waals surface area (Å²) in [6, 6.07) is 3.99. The summed E-state index contributed by atoms with van der Waals surface area (Å²) in [5, 5.41) is 12.3. The molecule has 5 nitrogen and oxygen atoms in total. The second-order valence-electron chi connectivity index (χ2n) is 3.27. The highest BCUT2D eigenvalue weighted by Crippen LogP contribution is 2.16. The molecular weight excluding hydrogens is 247 g/mol. The average molecular weight is 255 g/mol. The van der Waals surface area contributed by atoms with E-state index in [0.717, 1.165) is 0 Å². The minimum Gasteiger partial charge on any atom is -0.346 e. The van der Waals surface area contributed by atoms with E-state index in [2.05, 4.69) is 20.7 Å². The maximum absolute atomic E-state index is 12.8. The van der Waals surface area contributed by atoms with Crippen molar-refractivity contribution in [3.8, 4) is 0 Å². The van der Waals surface area contributed by atoms with Gasteiger partial charge < -0.3 is 5.32 Å². The Balaban J connectivity index is 2.01.